The van der Waals surface area contributed by atoms with E-state index < -0.39 is 0 Å². The molecule has 3 rings (SSSR count). The minimum atomic E-state index is -0.114. The predicted molar refractivity (Wildman–Crippen MR) is 78.7 cm³/mol. The van der Waals surface area contributed by atoms with E-state index in [9.17, 15) is 4.79 Å². The highest BCUT2D eigenvalue weighted by atomic mass is 32.2. The van der Waals surface area contributed by atoms with Gasteiger partial charge < -0.3 is 4.98 Å². The van der Waals surface area contributed by atoms with Crippen molar-refractivity contribution in [2.75, 3.05) is 0 Å². The van der Waals surface area contributed by atoms with Gasteiger partial charge in [-0.1, -0.05) is 23.9 Å². The van der Waals surface area contributed by atoms with Gasteiger partial charge in [-0.3, -0.25) is 4.79 Å². The van der Waals surface area contributed by atoms with E-state index in [1.807, 2.05) is 31.2 Å². The van der Waals surface area contributed by atoms with E-state index in [1.165, 1.54) is 11.8 Å². The molecule has 0 fully saturated rings. The first-order chi connectivity index (χ1) is 9.72. The lowest BCUT2D eigenvalue weighted by molar-refractivity contribution is 0.927. The van der Waals surface area contributed by atoms with Crippen molar-refractivity contribution >= 4 is 22.7 Å². The van der Waals surface area contributed by atoms with Gasteiger partial charge in [0.15, 0.2) is 5.16 Å². The van der Waals surface area contributed by atoms with Crippen LogP contribution in [-0.2, 0) is 5.75 Å². The summed E-state index contributed by atoms with van der Waals surface area (Å²) in [5, 5.41) is 1.29. The molecule has 100 valence electrons. The third kappa shape index (κ3) is 2.70. The predicted octanol–water partition coefficient (Wildman–Crippen LogP) is 2.31. The summed E-state index contributed by atoms with van der Waals surface area (Å²) in [7, 11) is 0. The van der Waals surface area contributed by atoms with Crippen molar-refractivity contribution < 1.29 is 0 Å². The second-order valence-electron chi connectivity index (χ2n) is 4.30. The molecule has 0 radical (unpaired) electrons. The van der Waals surface area contributed by atoms with E-state index in [2.05, 4.69) is 19.9 Å². The second-order valence-corrected chi connectivity index (χ2v) is 5.24. The lowest BCUT2D eigenvalue weighted by Gasteiger charge is -2.02. The molecule has 0 atom stereocenters. The molecule has 3 aromatic rings. The number of para-hydroxylation sites is 1. The van der Waals surface area contributed by atoms with Crippen LogP contribution in [0.2, 0.25) is 0 Å². The van der Waals surface area contributed by atoms with E-state index in [1.54, 1.807) is 12.3 Å². The molecule has 0 aliphatic rings. The fourth-order valence-corrected chi connectivity index (χ4v) is 2.58. The third-order valence-electron chi connectivity index (χ3n) is 2.77. The Bertz CT molecular complexity index is 815. The Morgan fingerprint density at radius 1 is 1.20 bits per heavy atom. The standard InChI is InChI=1S/C14H12N4OS/c1-9-6-7-15-14(16-9)20-8-12-17-11-5-3-2-4-10(11)13(19)18-12/h2-7H,8H2,1H3,(H,17,18,19). The Kier molecular flexibility index (Phi) is 3.47. The number of rotatable bonds is 3. The zero-order chi connectivity index (χ0) is 13.9. The molecule has 0 amide bonds. The van der Waals surface area contributed by atoms with Gasteiger partial charge in [0.2, 0.25) is 0 Å². The Hall–Kier alpha value is -2.21. The first-order valence-corrected chi connectivity index (χ1v) is 7.11. The monoisotopic (exact) mass is 284 g/mol. The highest BCUT2D eigenvalue weighted by Gasteiger charge is 2.05. The van der Waals surface area contributed by atoms with Crippen LogP contribution in [0, 0.1) is 6.92 Å². The van der Waals surface area contributed by atoms with Crippen LogP contribution in [0.15, 0.2) is 46.5 Å². The van der Waals surface area contributed by atoms with Crippen LogP contribution in [-0.4, -0.2) is 19.9 Å². The van der Waals surface area contributed by atoms with Crippen molar-refractivity contribution in [3.8, 4) is 0 Å². The first kappa shape index (κ1) is 12.8. The summed E-state index contributed by atoms with van der Waals surface area (Å²) in [6.45, 7) is 1.92. The van der Waals surface area contributed by atoms with Crippen LogP contribution in [0.1, 0.15) is 11.5 Å². The summed E-state index contributed by atoms with van der Waals surface area (Å²) in [6.07, 6.45) is 1.72. The molecule has 0 saturated heterocycles. The van der Waals surface area contributed by atoms with Crippen molar-refractivity contribution in [1.29, 1.82) is 0 Å². The Morgan fingerprint density at radius 2 is 2.05 bits per heavy atom. The zero-order valence-electron chi connectivity index (χ0n) is 10.8. The summed E-state index contributed by atoms with van der Waals surface area (Å²) in [5.41, 5.74) is 1.51. The van der Waals surface area contributed by atoms with Crippen molar-refractivity contribution in [3.63, 3.8) is 0 Å². The molecule has 0 aliphatic carbocycles. The zero-order valence-corrected chi connectivity index (χ0v) is 11.6. The second kappa shape index (κ2) is 5.42. The van der Waals surface area contributed by atoms with Crippen molar-refractivity contribution in [1.82, 2.24) is 19.9 Å². The number of aromatic nitrogens is 4. The van der Waals surface area contributed by atoms with Gasteiger partial charge in [-0.05, 0) is 25.1 Å². The van der Waals surface area contributed by atoms with E-state index in [0.29, 0.717) is 27.6 Å². The average molecular weight is 284 g/mol. The minimum Gasteiger partial charge on any atom is -0.309 e. The number of benzene rings is 1. The molecule has 2 aromatic heterocycles. The van der Waals surface area contributed by atoms with Crippen LogP contribution in [0.4, 0.5) is 0 Å². The topological polar surface area (TPSA) is 71.5 Å². The third-order valence-corrected chi connectivity index (χ3v) is 3.65. The number of hydrogen-bond donors (Lipinski definition) is 1. The minimum absolute atomic E-state index is 0.114. The van der Waals surface area contributed by atoms with E-state index >= 15 is 0 Å². The molecular weight excluding hydrogens is 272 g/mol. The van der Waals surface area contributed by atoms with Gasteiger partial charge in [0.25, 0.3) is 5.56 Å². The maximum Gasteiger partial charge on any atom is 0.258 e. The molecule has 5 nitrogen and oxygen atoms in total. The van der Waals surface area contributed by atoms with Crippen LogP contribution in [0.5, 0.6) is 0 Å². The molecule has 20 heavy (non-hydrogen) atoms. The van der Waals surface area contributed by atoms with E-state index in [0.717, 1.165) is 5.69 Å². The summed E-state index contributed by atoms with van der Waals surface area (Å²) < 4.78 is 0. The number of aromatic amines is 1. The van der Waals surface area contributed by atoms with Gasteiger partial charge in [-0.15, -0.1) is 0 Å². The molecule has 1 aromatic carbocycles. The van der Waals surface area contributed by atoms with E-state index in [4.69, 9.17) is 0 Å². The van der Waals surface area contributed by atoms with Gasteiger partial charge in [0, 0.05) is 11.9 Å². The van der Waals surface area contributed by atoms with Crippen LogP contribution < -0.4 is 5.56 Å². The first-order valence-electron chi connectivity index (χ1n) is 6.13. The SMILES string of the molecule is Cc1ccnc(SCc2nc3ccccc3c(=O)[nH]2)n1. The van der Waals surface area contributed by atoms with Gasteiger partial charge in [-0.2, -0.15) is 0 Å². The molecule has 0 spiro atoms. The molecule has 2 heterocycles. The summed E-state index contributed by atoms with van der Waals surface area (Å²) in [6, 6.07) is 9.15. The van der Waals surface area contributed by atoms with Gasteiger partial charge >= 0.3 is 0 Å². The summed E-state index contributed by atoms with van der Waals surface area (Å²) in [4.78, 5) is 27.6. The number of aryl methyl sites for hydroxylation is 1. The van der Waals surface area contributed by atoms with Crippen molar-refractivity contribution in [2.24, 2.45) is 0 Å². The number of nitrogens with zero attached hydrogens (tertiary/aromatic N) is 3. The molecular formula is C14H12N4OS. The van der Waals surface area contributed by atoms with Gasteiger partial charge in [0.05, 0.1) is 16.7 Å². The molecule has 6 heteroatoms. The number of thioether (sulfide) groups is 1. The maximum atomic E-state index is 11.9. The number of nitrogens with one attached hydrogen (secondary N) is 1. The number of fused-ring (bicyclic) bond motifs is 1. The number of H-pyrrole nitrogens is 1. The summed E-state index contributed by atoms with van der Waals surface area (Å²) in [5.74, 6) is 1.16. The fraction of sp³-hybridized carbons (Fsp3) is 0.143. The number of hydrogen-bond acceptors (Lipinski definition) is 5. The quantitative estimate of drug-likeness (QED) is 0.590. The van der Waals surface area contributed by atoms with Crippen molar-refractivity contribution in [3.05, 3.63) is 58.4 Å². The molecule has 1 N–H and O–H groups in total. The highest BCUT2D eigenvalue weighted by molar-refractivity contribution is 7.98. The summed E-state index contributed by atoms with van der Waals surface area (Å²) >= 11 is 1.45. The lowest BCUT2D eigenvalue weighted by atomic mass is 10.2. The van der Waals surface area contributed by atoms with Crippen LogP contribution in [0.25, 0.3) is 10.9 Å². The maximum absolute atomic E-state index is 11.9. The fourth-order valence-electron chi connectivity index (χ4n) is 1.83. The smallest absolute Gasteiger partial charge is 0.258 e. The van der Waals surface area contributed by atoms with Crippen LogP contribution >= 0.6 is 11.8 Å². The molecule has 0 unspecified atom stereocenters. The van der Waals surface area contributed by atoms with Gasteiger partial charge in [-0.25, -0.2) is 15.0 Å². The van der Waals surface area contributed by atoms with Crippen LogP contribution in [0.3, 0.4) is 0 Å². The molecule has 0 saturated carbocycles. The Morgan fingerprint density at radius 3 is 2.90 bits per heavy atom. The molecule has 0 bridgehead atoms. The Labute approximate surface area is 119 Å². The van der Waals surface area contributed by atoms with Crippen molar-refractivity contribution in [2.45, 2.75) is 17.8 Å². The van der Waals surface area contributed by atoms with Gasteiger partial charge in [0.1, 0.15) is 5.82 Å². The average Bonchev–Trinajstić information content (AvgIpc) is 2.45. The normalized spacial score (nSPS) is 10.8. The largest absolute Gasteiger partial charge is 0.309 e. The Balaban J connectivity index is 1.86. The highest BCUT2D eigenvalue weighted by Crippen LogP contribution is 2.17. The van der Waals surface area contributed by atoms with E-state index in [-0.39, 0.29) is 5.56 Å². The molecule has 0 aliphatic heterocycles. The lowest BCUT2D eigenvalue weighted by Crippen LogP contribution is -2.11.